The van der Waals surface area contributed by atoms with Gasteiger partial charge in [0.1, 0.15) is 12.4 Å². The first-order valence-electron chi connectivity index (χ1n) is 7.64. The molecule has 134 valence electrons. The number of anilines is 1. The van der Waals surface area contributed by atoms with Gasteiger partial charge in [-0.2, -0.15) is 0 Å². The molecule has 3 N–H and O–H groups in total. The Bertz CT molecular complexity index is 741. The molecular formula is C17H21N3O4S. The van der Waals surface area contributed by atoms with E-state index in [4.69, 9.17) is 9.84 Å². The topological polar surface area (TPSA) is 101 Å². The highest BCUT2D eigenvalue weighted by atomic mass is 32.1. The number of aliphatic hydroxyl groups is 1. The van der Waals surface area contributed by atoms with Crippen LogP contribution < -0.4 is 15.4 Å². The maximum atomic E-state index is 11.7. The van der Waals surface area contributed by atoms with Crippen molar-refractivity contribution in [2.45, 2.75) is 19.3 Å². The highest BCUT2D eigenvalue weighted by Gasteiger charge is 2.26. The number of methoxy groups -OCH3 is 1. The largest absolute Gasteiger partial charge is 0.497 e. The highest BCUT2D eigenvalue weighted by Crippen LogP contribution is 2.34. The van der Waals surface area contributed by atoms with E-state index in [1.54, 1.807) is 7.11 Å². The number of amides is 2. The Morgan fingerprint density at radius 3 is 2.56 bits per heavy atom. The smallest absolute Gasteiger partial charge is 0.321 e. The van der Waals surface area contributed by atoms with Gasteiger partial charge < -0.3 is 15.2 Å². The van der Waals surface area contributed by atoms with E-state index in [9.17, 15) is 9.59 Å². The summed E-state index contributed by atoms with van der Waals surface area (Å²) >= 11 is 1.31. The second-order valence-corrected chi connectivity index (χ2v) is 6.75. The predicted molar refractivity (Wildman–Crippen MR) is 96.4 cm³/mol. The molecular weight excluding hydrogens is 342 g/mol. The van der Waals surface area contributed by atoms with Crippen LogP contribution in [0.5, 0.6) is 5.75 Å². The molecule has 0 aliphatic rings. The Morgan fingerprint density at radius 1 is 1.28 bits per heavy atom. The third-order valence-corrected chi connectivity index (χ3v) is 4.56. The number of hydrogen-bond donors (Lipinski definition) is 3. The predicted octanol–water partition coefficient (Wildman–Crippen LogP) is 2.16. The number of aliphatic hydroxyl groups excluding tert-OH is 1. The van der Waals surface area contributed by atoms with E-state index in [0.717, 1.165) is 17.0 Å². The van der Waals surface area contributed by atoms with Crippen LogP contribution in [0.1, 0.15) is 25.1 Å². The van der Waals surface area contributed by atoms with Gasteiger partial charge >= 0.3 is 6.03 Å². The average Bonchev–Trinajstić information content (AvgIpc) is 3.08. The first kappa shape index (κ1) is 18.9. The Hall–Kier alpha value is -2.45. The van der Waals surface area contributed by atoms with Gasteiger partial charge in [-0.1, -0.05) is 26.0 Å². The molecule has 2 aromatic rings. The van der Waals surface area contributed by atoms with Gasteiger partial charge in [0.25, 0.3) is 0 Å². The van der Waals surface area contributed by atoms with Crippen molar-refractivity contribution >= 4 is 28.3 Å². The maximum absolute atomic E-state index is 11.7. The average molecular weight is 363 g/mol. The number of Topliss-reactive ketones (excluding diaryl/α,β-unsaturated/α-hetero) is 1. The van der Waals surface area contributed by atoms with Crippen LogP contribution in [0.3, 0.4) is 0 Å². The molecule has 2 amide bonds. The van der Waals surface area contributed by atoms with Crippen molar-refractivity contribution in [2.75, 3.05) is 25.6 Å². The number of urea groups is 1. The summed E-state index contributed by atoms with van der Waals surface area (Å²) in [5.41, 5.74) is 1.55. The lowest BCUT2D eigenvalue weighted by Crippen LogP contribution is -2.34. The van der Waals surface area contributed by atoms with Crippen molar-refractivity contribution in [2.24, 2.45) is 0 Å². The van der Waals surface area contributed by atoms with Gasteiger partial charge in [0.2, 0.25) is 0 Å². The second kappa shape index (κ2) is 8.09. The minimum atomic E-state index is -0.599. The van der Waals surface area contributed by atoms with Crippen LogP contribution in [0.25, 0.3) is 0 Å². The molecule has 0 spiro atoms. The lowest BCUT2D eigenvalue weighted by atomic mass is 9.82. The van der Waals surface area contributed by atoms with E-state index in [2.05, 4.69) is 15.6 Å². The number of thiazole rings is 1. The zero-order chi connectivity index (χ0) is 18.4. The lowest BCUT2D eigenvalue weighted by Gasteiger charge is -2.23. The van der Waals surface area contributed by atoms with Crippen molar-refractivity contribution in [3.63, 3.8) is 0 Å². The summed E-state index contributed by atoms with van der Waals surface area (Å²) in [5, 5.41) is 15.9. The zero-order valence-corrected chi connectivity index (χ0v) is 15.1. The number of aromatic nitrogens is 1. The van der Waals surface area contributed by atoms with E-state index in [0.29, 0.717) is 5.13 Å². The summed E-state index contributed by atoms with van der Waals surface area (Å²) in [6, 6.07) is 7.23. The summed E-state index contributed by atoms with van der Waals surface area (Å²) in [7, 11) is 1.62. The summed E-state index contributed by atoms with van der Waals surface area (Å²) < 4.78 is 5.18. The number of benzene rings is 1. The number of nitrogens with one attached hydrogen (secondary N) is 2. The van der Waals surface area contributed by atoms with Crippen LogP contribution in [0, 0.1) is 0 Å². The van der Waals surface area contributed by atoms with Crippen LogP contribution in [0.15, 0.2) is 29.6 Å². The Morgan fingerprint density at radius 2 is 1.96 bits per heavy atom. The van der Waals surface area contributed by atoms with Gasteiger partial charge in [-0.15, -0.1) is 11.3 Å². The minimum absolute atomic E-state index is 0.224. The standard InChI is InChI=1S/C17H21N3O4S/c1-17(2,11-4-6-13(24-3)7-5-11)14-10-25-16(19-14)20-15(23)18-8-12(22)9-21/h4-7,10,21H,8-9H2,1-3H3,(H2,18,19,20,23). The summed E-state index contributed by atoms with van der Waals surface area (Å²) in [6.07, 6.45) is 0. The third-order valence-electron chi connectivity index (χ3n) is 3.80. The normalized spacial score (nSPS) is 11.0. The van der Waals surface area contributed by atoms with E-state index < -0.39 is 18.4 Å². The number of ketones is 1. The zero-order valence-electron chi connectivity index (χ0n) is 14.3. The van der Waals surface area contributed by atoms with Gasteiger partial charge in [-0.3, -0.25) is 10.1 Å². The summed E-state index contributed by atoms with van der Waals surface area (Å²) in [4.78, 5) is 27.2. The maximum Gasteiger partial charge on any atom is 0.321 e. The van der Waals surface area contributed by atoms with Gasteiger partial charge in [-0.05, 0) is 17.7 Å². The monoisotopic (exact) mass is 363 g/mol. The van der Waals surface area contributed by atoms with Crippen LogP contribution in [0.2, 0.25) is 0 Å². The van der Waals surface area contributed by atoms with E-state index in [1.807, 2.05) is 43.5 Å². The van der Waals surface area contributed by atoms with Crippen LogP contribution in [0.4, 0.5) is 9.93 Å². The van der Waals surface area contributed by atoms with Crippen molar-refractivity contribution in [3.05, 3.63) is 40.9 Å². The molecule has 25 heavy (non-hydrogen) atoms. The molecule has 0 radical (unpaired) electrons. The molecule has 1 aromatic carbocycles. The number of ether oxygens (including phenoxy) is 1. The highest BCUT2D eigenvalue weighted by molar-refractivity contribution is 7.13. The fraction of sp³-hybridized carbons (Fsp3) is 0.353. The molecule has 0 fully saturated rings. The third kappa shape index (κ3) is 4.77. The van der Waals surface area contributed by atoms with Crippen LogP contribution in [-0.4, -0.2) is 42.2 Å². The lowest BCUT2D eigenvalue weighted by molar-refractivity contribution is -0.120. The van der Waals surface area contributed by atoms with Gasteiger partial charge in [0.15, 0.2) is 10.9 Å². The van der Waals surface area contributed by atoms with Crippen molar-refractivity contribution in [1.82, 2.24) is 10.3 Å². The quantitative estimate of drug-likeness (QED) is 0.700. The molecule has 8 heteroatoms. The Kier molecular flexibility index (Phi) is 6.11. The molecule has 1 heterocycles. The van der Waals surface area contributed by atoms with Gasteiger partial charge in [0.05, 0.1) is 19.3 Å². The Labute approximate surface area is 150 Å². The van der Waals surface area contributed by atoms with Crippen LogP contribution >= 0.6 is 11.3 Å². The molecule has 2 rings (SSSR count). The SMILES string of the molecule is COc1ccc(C(C)(C)c2csc(NC(=O)NCC(=O)CO)n2)cc1. The number of hydrogen-bond acceptors (Lipinski definition) is 6. The Balaban J connectivity index is 2.05. The number of carbonyl (C=O) groups is 2. The molecule has 0 bridgehead atoms. The summed E-state index contributed by atoms with van der Waals surface area (Å²) in [6.45, 7) is 3.27. The minimum Gasteiger partial charge on any atom is -0.497 e. The van der Waals surface area contributed by atoms with Gasteiger partial charge in [-0.25, -0.2) is 9.78 Å². The van der Waals surface area contributed by atoms with Crippen molar-refractivity contribution in [3.8, 4) is 5.75 Å². The first-order chi connectivity index (χ1) is 11.9. The molecule has 0 atom stereocenters. The molecule has 0 saturated carbocycles. The number of nitrogens with zero attached hydrogens (tertiary/aromatic N) is 1. The van der Waals surface area contributed by atoms with Crippen LogP contribution in [-0.2, 0) is 10.2 Å². The second-order valence-electron chi connectivity index (χ2n) is 5.90. The first-order valence-corrected chi connectivity index (χ1v) is 8.52. The van der Waals surface area contributed by atoms with E-state index in [-0.39, 0.29) is 12.0 Å². The van der Waals surface area contributed by atoms with Crippen molar-refractivity contribution in [1.29, 1.82) is 0 Å². The fourth-order valence-corrected chi connectivity index (χ4v) is 3.02. The molecule has 0 aliphatic carbocycles. The molecule has 7 nitrogen and oxygen atoms in total. The molecule has 0 unspecified atom stereocenters. The fourth-order valence-electron chi connectivity index (χ4n) is 2.15. The molecule has 0 saturated heterocycles. The number of rotatable bonds is 7. The van der Waals surface area contributed by atoms with E-state index in [1.165, 1.54) is 11.3 Å². The number of carbonyl (C=O) groups excluding carboxylic acids is 2. The summed E-state index contributed by atoms with van der Waals surface area (Å²) in [5.74, 6) is 0.324. The van der Waals surface area contributed by atoms with Crippen molar-refractivity contribution < 1.29 is 19.4 Å². The van der Waals surface area contributed by atoms with Gasteiger partial charge in [0, 0.05) is 10.8 Å². The molecule has 0 aliphatic heterocycles. The van der Waals surface area contributed by atoms with E-state index >= 15 is 0 Å². The molecule has 1 aromatic heterocycles.